The molecule has 2 amide bonds. The smallest absolute Gasteiger partial charge is 0.254 e. The number of carbonyl (C=O) groups excluding carboxylic acids is 2. The molecule has 1 aliphatic rings. The molecule has 3 N–H and O–H groups in total. The molecule has 0 aromatic heterocycles. The van der Waals surface area contributed by atoms with E-state index in [1.807, 2.05) is 92.7 Å². The van der Waals surface area contributed by atoms with Crippen molar-refractivity contribution < 1.29 is 9.59 Å². The van der Waals surface area contributed by atoms with Crippen molar-refractivity contribution in [2.45, 2.75) is 19.8 Å². The lowest BCUT2D eigenvalue weighted by molar-refractivity contribution is -0.114. The molecule has 8 heteroatoms. The number of benzene rings is 3. The molecule has 0 aliphatic carbocycles. The topological polar surface area (TPSA) is 94.0 Å². The van der Waals surface area contributed by atoms with E-state index in [4.69, 9.17) is 0 Å². The number of para-hydroxylation sites is 1. The molecule has 1 heterocycles. The highest BCUT2D eigenvalue weighted by molar-refractivity contribution is 9.10. The Bertz CT molecular complexity index is 1430. The summed E-state index contributed by atoms with van der Waals surface area (Å²) in [5, 5.41) is 19.9. The van der Waals surface area contributed by atoms with Gasteiger partial charge >= 0.3 is 0 Å². The maximum atomic E-state index is 13.6. The van der Waals surface area contributed by atoms with Crippen LogP contribution in [0, 0.1) is 18.3 Å². The molecule has 0 spiro atoms. The quantitative estimate of drug-likeness (QED) is 0.302. The van der Waals surface area contributed by atoms with Gasteiger partial charge in [-0.3, -0.25) is 9.59 Å². The average Bonchev–Trinajstić information content (AvgIpc) is 2.90. The second-order valence-electron chi connectivity index (χ2n) is 8.47. The molecule has 0 fully saturated rings. The fraction of sp³-hybridized carbons (Fsp3) is 0.138. The Hall–Kier alpha value is -3.80. The van der Waals surface area contributed by atoms with E-state index >= 15 is 0 Å². The zero-order valence-electron chi connectivity index (χ0n) is 20.3. The van der Waals surface area contributed by atoms with Crippen LogP contribution in [0.1, 0.15) is 24.0 Å². The first-order valence-electron chi connectivity index (χ1n) is 11.6. The number of amides is 2. The van der Waals surface area contributed by atoms with Crippen LogP contribution < -0.4 is 16.0 Å². The fourth-order valence-corrected chi connectivity index (χ4v) is 5.23. The van der Waals surface area contributed by atoms with Gasteiger partial charge in [0, 0.05) is 27.1 Å². The molecule has 3 aromatic carbocycles. The number of anilines is 2. The summed E-state index contributed by atoms with van der Waals surface area (Å²) >= 11 is 4.62. The van der Waals surface area contributed by atoms with Gasteiger partial charge in [-0.25, -0.2) is 0 Å². The van der Waals surface area contributed by atoms with Crippen molar-refractivity contribution in [3.8, 4) is 6.07 Å². The van der Waals surface area contributed by atoms with Gasteiger partial charge in [0.15, 0.2) is 0 Å². The van der Waals surface area contributed by atoms with Gasteiger partial charge in [-0.05, 0) is 55.3 Å². The summed E-state index contributed by atoms with van der Waals surface area (Å²) in [6.45, 7) is 3.75. The number of halogens is 1. The first-order valence-corrected chi connectivity index (χ1v) is 13.4. The lowest BCUT2D eigenvalue weighted by Gasteiger charge is -2.30. The average molecular weight is 574 g/mol. The van der Waals surface area contributed by atoms with Crippen molar-refractivity contribution in [1.29, 1.82) is 5.26 Å². The molecule has 186 valence electrons. The van der Waals surface area contributed by atoms with Crippen LogP contribution in [0.5, 0.6) is 0 Å². The van der Waals surface area contributed by atoms with E-state index < -0.39 is 5.92 Å². The van der Waals surface area contributed by atoms with Gasteiger partial charge in [0.05, 0.1) is 28.3 Å². The number of allylic oxidation sites excluding steroid dienone is 2. The van der Waals surface area contributed by atoms with Crippen LogP contribution >= 0.6 is 27.7 Å². The summed E-state index contributed by atoms with van der Waals surface area (Å²) in [6, 6.07) is 26.7. The fourth-order valence-electron chi connectivity index (χ4n) is 4.08. The lowest BCUT2D eigenvalue weighted by atomic mass is 9.82. The molecule has 4 rings (SSSR count). The number of dihydropyridines is 1. The number of nitriles is 1. The molecule has 6 nitrogen and oxygen atoms in total. The normalized spacial score (nSPS) is 15.0. The van der Waals surface area contributed by atoms with Gasteiger partial charge in [0.25, 0.3) is 5.91 Å². The van der Waals surface area contributed by atoms with E-state index in [2.05, 4.69) is 37.9 Å². The Morgan fingerprint density at radius 2 is 1.65 bits per heavy atom. The maximum Gasteiger partial charge on any atom is 0.254 e. The number of hydrogen-bond donors (Lipinski definition) is 3. The molecule has 0 saturated carbocycles. The zero-order chi connectivity index (χ0) is 26.4. The minimum absolute atomic E-state index is 0.100. The number of nitrogens with zero attached hydrogens (tertiary/aromatic N) is 1. The van der Waals surface area contributed by atoms with Crippen LogP contribution in [0.25, 0.3) is 0 Å². The van der Waals surface area contributed by atoms with Crippen LogP contribution in [0.3, 0.4) is 0 Å². The number of carbonyl (C=O) groups is 2. The Labute approximate surface area is 229 Å². The maximum absolute atomic E-state index is 13.6. The lowest BCUT2D eigenvalue weighted by Crippen LogP contribution is -2.31. The van der Waals surface area contributed by atoms with Crippen molar-refractivity contribution >= 4 is 50.9 Å². The summed E-state index contributed by atoms with van der Waals surface area (Å²) in [5.41, 5.74) is 4.67. The number of rotatable bonds is 7. The summed E-state index contributed by atoms with van der Waals surface area (Å²) in [4.78, 5) is 26.2. The standard InChI is InChI=1S/C29H25BrN4O2S/c1-18-8-6-7-11-24(18)34-28(36)26-19(2)32-29(23(16-31)27(26)20-9-4-3-5-10-20)37-17-25(35)33-22-14-12-21(30)13-15-22/h3-15,27,32H,17H2,1-2H3,(H,33,35)(H,34,36). The monoisotopic (exact) mass is 572 g/mol. The van der Waals surface area contributed by atoms with Crippen LogP contribution in [0.15, 0.2) is 105 Å². The summed E-state index contributed by atoms with van der Waals surface area (Å²) in [5.74, 6) is -0.949. The molecule has 1 unspecified atom stereocenters. The minimum Gasteiger partial charge on any atom is -0.353 e. The van der Waals surface area contributed by atoms with E-state index in [1.165, 1.54) is 11.8 Å². The first-order chi connectivity index (χ1) is 17.9. The molecule has 1 atom stereocenters. The van der Waals surface area contributed by atoms with Crippen molar-refractivity contribution in [2.75, 3.05) is 16.4 Å². The number of nitrogens with one attached hydrogen (secondary N) is 3. The second kappa shape index (κ2) is 12.0. The molecule has 0 bridgehead atoms. The van der Waals surface area contributed by atoms with Crippen molar-refractivity contribution in [3.63, 3.8) is 0 Å². The van der Waals surface area contributed by atoms with Crippen LogP contribution in [-0.2, 0) is 9.59 Å². The third-order valence-corrected chi connectivity index (χ3v) is 7.44. The Morgan fingerprint density at radius 1 is 0.973 bits per heavy atom. The summed E-state index contributed by atoms with van der Waals surface area (Å²) < 4.78 is 0.923. The highest BCUT2D eigenvalue weighted by Crippen LogP contribution is 2.41. The van der Waals surface area contributed by atoms with E-state index in [0.29, 0.717) is 33.2 Å². The van der Waals surface area contributed by atoms with E-state index in [0.717, 1.165) is 15.6 Å². The van der Waals surface area contributed by atoms with Crippen LogP contribution in [0.4, 0.5) is 11.4 Å². The predicted molar refractivity (Wildman–Crippen MR) is 153 cm³/mol. The minimum atomic E-state index is -0.575. The Kier molecular flexibility index (Phi) is 8.49. The van der Waals surface area contributed by atoms with Gasteiger partial charge in [-0.1, -0.05) is 76.2 Å². The largest absolute Gasteiger partial charge is 0.353 e. The molecule has 0 radical (unpaired) electrons. The van der Waals surface area contributed by atoms with E-state index in [-0.39, 0.29) is 17.6 Å². The summed E-state index contributed by atoms with van der Waals surface area (Å²) in [6.07, 6.45) is 0. The van der Waals surface area contributed by atoms with Gasteiger partial charge in [0.1, 0.15) is 0 Å². The van der Waals surface area contributed by atoms with E-state index in [9.17, 15) is 14.9 Å². The number of hydrogen-bond acceptors (Lipinski definition) is 5. The van der Waals surface area contributed by atoms with Crippen LogP contribution in [-0.4, -0.2) is 17.6 Å². The van der Waals surface area contributed by atoms with Crippen molar-refractivity contribution in [2.24, 2.45) is 0 Å². The third-order valence-electron chi connectivity index (χ3n) is 5.89. The Balaban J connectivity index is 1.61. The zero-order valence-corrected chi connectivity index (χ0v) is 22.7. The van der Waals surface area contributed by atoms with Gasteiger partial charge < -0.3 is 16.0 Å². The molecule has 3 aromatic rings. The molecule has 1 aliphatic heterocycles. The Morgan fingerprint density at radius 3 is 2.32 bits per heavy atom. The molecular formula is C29H25BrN4O2S. The molecule has 37 heavy (non-hydrogen) atoms. The SMILES string of the molecule is CC1=C(C(=O)Nc2ccccc2C)C(c2ccccc2)C(C#N)=C(SCC(=O)Nc2ccc(Br)cc2)N1. The highest BCUT2D eigenvalue weighted by atomic mass is 79.9. The number of thioether (sulfide) groups is 1. The van der Waals surface area contributed by atoms with Crippen molar-refractivity contribution in [3.05, 3.63) is 116 Å². The summed E-state index contributed by atoms with van der Waals surface area (Å²) in [7, 11) is 0. The van der Waals surface area contributed by atoms with E-state index in [1.54, 1.807) is 0 Å². The second-order valence-corrected chi connectivity index (χ2v) is 10.4. The number of aryl methyl sites for hydroxylation is 1. The van der Waals surface area contributed by atoms with Gasteiger partial charge in [-0.15, -0.1) is 0 Å². The highest BCUT2D eigenvalue weighted by Gasteiger charge is 2.34. The van der Waals surface area contributed by atoms with Gasteiger partial charge in [-0.2, -0.15) is 5.26 Å². The first kappa shape index (κ1) is 26.3. The van der Waals surface area contributed by atoms with Crippen LogP contribution in [0.2, 0.25) is 0 Å². The predicted octanol–water partition coefficient (Wildman–Crippen LogP) is 6.46. The van der Waals surface area contributed by atoms with Gasteiger partial charge in [0.2, 0.25) is 5.91 Å². The third kappa shape index (κ3) is 6.31. The molecular weight excluding hydrogens is 548 g/mol. The van der Waals surface area contributed by atoms with Crippen molar-refractivity contribution in [1.82, 2.24) is 5.32 Å². The molecule has 0 saturated heterocycles.